The zero-order valence-corrected chi connectivity index (χ0v) is 9.49. The molecule has 0 radical (unpaired) electrons. The van der Waals surface area contributed by atoms with Gasteiger partial charge in [-0.2, -0.15) is 0 Å². The number of rotatable bonds is 7. The van der Waals surface area contributed by atoms with Gasteiger partial charge in [0.2, 0.25) is 15.9 Å². The minimum absolute atomic E-state index is 0.0959. The van der Waals surface area contributed by atoms with Gasteiger partial charge < -0.3 is 5.32 Å². The van der Waals surface area contributed by atoms with Gasteiger partial charge in [-0.1, -0.05) is 6.92 Å². The molecule has 0 aromatic rings. The Morgan fingerprint density at radius 2 is 1.93 bits per heavy atom. The average molecular weight is 222 g/mol. The van der Waals surface area contributed by atoms with Crippen LogP contribution in [0, 0.1) is 0 Å². The number of carbonyl (C=O) groups excluding carboxylic acids is 1. The third-order valence-electron chi connectivity index (χ3n) is 1.52. The van der Waals surface area contributed by atoms with E-state index in [1.807, 2.05) is 6.92 Å². The van der Waals surface area contributed by atoms with Gasteiger partial charge in [0.15, 0.2) is 0 Å². The van der Waals surface area contributed by atoms with Gasteiger partial charge >= 0.3 is 0 Å². The largest absolute Gasteiger partial charge is 0.356 e. The lowest BCUT2D eigenvalue weighted by Crippen LogP contribution is -2.30. The number of hydrogen-bond acceptors (Lipinski definition) is 3. The smallest absolute Gasteiger partial charge is 0.216 e. The molecule has 0 aromatic heterocycles. The summed E-state index contributed by atoms with van der Waals surface area (Å²) >= 11 is 0. The molecule has 0 bridgehead atoms. The maximum Gasteiger partial charge on any atom is 0.216 e. The number of nitrogens with one attached hydrogen (secondary N) is 2. The van der Waals surface area contributed by atoms with Gasteiger partial charge in [0, 0.05) is 20.0 Å². The maximum atomic E-state index is 11.1. The van der Waals surface area contributed by atoms with Crippen LogP contribution in [0.15, 0.2) is 0 Å². The molecule has 0 rings (SSSR count). The number of hydrogen-bond donors (Lipinski definition) is 2. The molecule has 0 atom stereocenters. The molecule has 0 aliphatic carbocycles. The van der Waals surface area contributed by atoms with Crippen molar-refractivity contribution in [1.29, 1.82) is 0 Å². The Labute approximate surface area is 85.3 Å². The van der Waals surface area contributed by atoms with Crippen LogP contribution in [-0.2, 0) is 14.8 Å². The third-order valence-corrected chi connectivity index (χ3v) is 3.11. The zero-order chi connectivity index (χ0) is 11.0. The van der Waals surface area contributed by atoms with Crippen molar-refractivity contribution in [2.24, 2.45) is 0 Å². The first-order valence-corrected chi connectivity index (χ1v) is 6.35. The Kier molecular flexibility index (Phi) is 6.48. The van der Waals surface area contributed by atoms with E-state index in [0.717, 1.165) is 0 Å². The van der Waals surface area contributed by atoms with Crippen molar-refractivity contribution in [3.05, 3.63) is 0 Å². The van der Waals surface area contributed by atoms with Gasteiger partial charge in [-0.15, -0.1) is 0 Å². The van der Waals surface area contributed by atoms with Crippen LogP contribution >= 0.6 is 0 Å². The minimum Gasteiger partial charge on any atom is -0.356 e. The van der Waals surface area contributed by atoms with Crippen LogP contribution in [0.4, 0.5) is 0 Å². The molecule has 0 aromatic carbocycles. The minimum atomic E-state index is -3.10. The molecule has 0 fully saturated rings. The Morgan fingerprint density at radius 3 is 2.43 bits per heavy atom. The highest BCUT2D eigenvalue weighted by atomic mass is 32.2. The first-order valence-electron chi connectivity index (χ1n) is 4.69. The molecule has 84 valence electrons. The molecule has 0 unspecified atom stereocenters. The molecule has 14 heavy (non-hydrogen) atoms. The molecule has 0 spiro atoms. The van der Waals surface area contributed by atoms with Gasteiger partial charge in [0.1, 0.15) is 0 Å². The van der Waals surface area contributed by atoms with Gasteiger partial charge in [0.05, 0.1) is 5.75 Å². The van der Waals surface area contributed by atoms with Crippen LogP contribution in [0.25, 0.3) is 0 Å². The number of carbonyl (C=O) groups is 1. The molecule has 0 saturated carbocycles. The predicted octanol–water partition coefficient (Wildman–Crippen LogP) is -0.158. The van der Waals surface area contributed by atoms with Crippen molar-refractivity contribution >= 4 is 15.9 Å². The molecule has 0 aliphatic rings. The Bertz CT molecular complexity index is 262. The summed E-state index contributed by atoms with van der Waals surface area (Å²) in [4.78, 5) is 10.5. The third kappa shape index (κ3) is 8.00. The molecule has 6 heteroatoms. The van der Waals surface area contributed by atoms with Crippen molar-refractivity contribution < 1.29 is 13.2 Å². The SMILES string of the molecule is CCCS(=O)(=O)NCCCNC(C)=O. The van der Waals surface area contributed by atoms with Crippen LogP contribution in [0.5, 0.6) is 0 Å². The summed E-state index contributed by atoms with van der Waals surface area (Å²) in [5, 5.41) is 2.59. The van der Waals surface area contributed by atoms with Crippen LogP contribution in [0.2, 0.25) is 0 Å². The Hall–Kier alpha value is -0.620. The summed E-state index contributed by atoms with van der Waals surface area (Å²) in [5.41, 5.74) is 0. The van der Waals surface area contributed by atoms with Crippen LogP contribution in [-0.4, -0.2) is 33.2 Å². The molecule has 2 N–H and O–H groups in total. The number of amides is 1. The molecule has 0 heterocycles. The van der Waals surface area contributed by atoms with Crippen molar-refractivity contribution in [3.63, 3.8) is 0 Å². The fraction of sp³-hybridized carbons (Fsp3) is 0.875. The van der Waals surface area contributed by atoms with E-state index in [1.54, 1.807) is 0 Å². The van der Waals surface area contributed by atoms with Gasteiger partial charge in [0.25, 0.3) is 0 Å². The highest BCUT2D eigenvalue weighted by molar-refractivity contribution is 7.89. The van der Waals surface area contributed by atoms with Crippen molar-refractivity contribution in [2.45, 2.75) is 26.7 Å². The monoisotopic (exact) mass is 222 g/mol. The highest BCUT2D eigenvalue weighted by Gasteiger charge is 2.06. The van der Waals surface area contributed by atoms with E-state index >= 15 is 0 Å². The Balaban J connectivity index is 3.49. The van der Waals surface area contributed by atoms with E-state index in [9.17, 15) is 13.2 Å². The summed E-state index contributed by atoms with van der Waals surface area (Å²) in [5.74, 6) is 0.0639. The average Bonchev–Trinajstić information content (AvgIpc) is 2.02. The van der Waals surface area contributed by atoms with Gasteiger partial charge in [-0.25, -0.2) is 13.1 Å². The van der Waals surface area contributed by atoms with Crippen LogP contribution in [0.1, 0.15) is 26.7 Å². The first-order chi connectivity index (χ1) is 6.48. The summed E-state index contributed by atoms with van der Waals surface area (Å²) in [6, 6.07) is 0. The second-order valence-corrected chi connectivity index (χ2v) is 4.98. The molecular weight excluding hydrogens is 204 g/mol. The fourth-order valence-corrected chi connectivity index (χ4v) is 2.06. The second-order valence-electron chi connectivity index (χ2n) is 3.05. The predicted molar refractivity (Wildman–Crippen MR) is 55.4 cm³/mol. The lowest BCUT2D eigenvalue weighted by molar-refractivity contribution is -0.118. The van der Waals surface area contributed by atoms with Gasteiger partial charge in [-0.05, 0) is 12.8 Å². The van der Waals surface area contributed by atoms with Crippen molar-refractivity contribution in [3.8, 4) is 0 Å². The van der Waals surface area contributed by atoms with Crippen LogP contribution < -0.4 is 10.0 Å². The van der Waals surface area contributed by atoms with E-state index in [4.69, 9.17) is 0 Å². The summed E-state index contributed by atoms with van der Waals surface area (Å²) in [6.07, 6.45) is 1.23. The quantitative estimate of drug-likeness (QED) is 0.588. The Morgan fingerprint density at radius 1 is 1.29 bits per heavy atom. The standard InChI is InChI=1S/C8H18N2O3S/c1-3-7-14(12,13)10-6-4-5-9-8(2)11/h10H,3-7H2,1-2H3,(H,9,11). The summed E-state index contributed by atoms with van der Waals surface area (Å²) in [7, 11) is -3.10. The zero-order valence-electron chi connectivity index (χ0n) is 8.67. The van der Waals surface area contributed by atoms with E-state index < -0.39 is 10.0 Å². The highest BCUT2D eigenvalue weighted by Crippen LogP contribution is 1.88. The van der Waals surface area contributed by atoms with E-state index in [-0.39, 0.29) is 11.7 Å². The molecular formula is C8H18N2O3S. The second kappa shape index (κ2) is 6.78. The van der Waals surface area contributed by atoms with E-state index in [2.05, 4.69) is 10.0 Å². The molecule has 0 saturated heterocycles. The van der Waals surface area contributed by atoms with Crippen molar-refractivity contribution in [1.82, 2.24) is 10.0 Å². The van der Waals surface area contributed by atoms with Crippen LogP contribution in [0.3, 0.4) is 0 Å². The van der Waals surface area contributed by atoms with Gasteiger partial charge in [-0.3, -0.25) is 4.79 Å². The summed E-state index contributed by atoms with van der Waals surface area (Å²) in [6.45, 7) is 4.13. The molecule has 0 aliphatic heterocycles. The molecule has 5 nitrogen and oxygen atoms in total. The fourth-order valence-electron chi connectivity index (χ4n) is 0.921. The first kappa shape index (κ1) is 13.4. The van der Waals surface area contributed by atoms with Crippen molar-refractivity contribution in [2.75, 3.05) is 18.8 Å². The summed E-state index contributed by atoms with van der Waals surface area (Å²) < 4.78 is 24.7. The topological polar surface area (TPSA) is 75.3 Å². The van der Waals surface area contributed by atoms with E-state index in [0.29, 0.717) is 25.9 Å². The number of sulfonamides is 1. The lowest BCUT2D eigenvalue weighted by Gasteiger charge is -2.05. The van der Waals surface area contributed by atoms with E-state index in [1.165, 1.54) is 6.92 Å². The molecule has 1 amide bonds. The lowest BCUT2D eigenvalue weighted by atomic mass is 10.4. The normalized spacial score (nSPS) is 11.3. The maximum absolute atomic E-state index is 11.1.